The highest BCUT2D eigenvalue weighted by atomic mass is 16.6. The monoisotopic (exact) mass is 343 g/mol. The molecular weight excluding hydrogens is 330 g/mol. The van der Waals surface area contributed by atoms with Gasteiger partial charge in [-0.25, -0.2) is 4.79 Å². The predicted octanol–water partition coefficient (Wildman–Crippen LogP) is 4.63. The molecule has 0 fully saturated rings. The van der Waals surface area contributed by atoms with Crippen LogP contribution in [0.1, 0.15) is 21.5 Å². The van der Waals surface area contributed by atoms with Crippen LogP contribution in [0.4, 0.5) is 0 Å². The molecule has 3 aromatic carbocycles. The summed E-state index contributed by atoms with van der Waals surface area (Å²) < 4.78 is 5.22. The number of carbonyl (C=O) groups is 1. The maximum atomic E-state index is 12.0. The number of nitrogens with zero attached hydrogens (tertiary/aromatic N) is 1. The average molecular weight is 343 g/mol. The summed E-state index contributed by atoms with van der Waals surface area (Å²) in [5.41, 5.74) is 2.91. The molecule has 1 heterocycles. The predicted molar refractivity (Wildman–Crippen MR) is 97.5 cm³/mol. The zero-order valence-electron chi connectivity index (χ0n) is 13.6. The molecule has 0 unspecified atom stereocenters. The van der Waals surface area contributed by atoms with Crippen LogP contribution in [0.3, 0.4) is 0 Å². The zero-order chi connectivity index (χ0) is 18.1. The van der Waals surface area contributed by atoms with Crippen molar-refractivity contribution in [1.29, 1.82) is 0 Å². The van der Waals surface area contributed by atoms with Crippen LogP contribution < -0.4 is 0 Å². The van der Waals surface area contributed by atoms with Gasteiger partial charge in [0, 0.05) is 5.56 Å². The first-order valence-corrected chi connectivity index (χ1v) is 8.01. The Kier molecular flexibility index (Phi) is 3.82. The molecule has 126 valence electrons. The molecule has 0 bridgehead atoms. The SMILES string of the molecule is O=C1O/C(=C(\c2ccc(-c3ccccc3)cc2)[N+](=O)[O-])c2ccccc21. The largest absolute Gasteiger partial charge is 0.415 e. The number of hydrogen-bond acceptors (Lipinski definition) is 4. The smallest absolute Gasteiger partial charge is 0.344 e. The number of rotatable bonds is 3. The first-order chi connectivity index (χ1) is 12.6. The molecule has 3 aromatic rings. The van der Waals surface area contributed by atoms with E-state index < -0.39 is 10.9 Å². The molecule has 0 N–H and O–H groups in total. The Morgan fingerprint density at radius 3 is 2.00 bits per heavy atom. The molecule has 0 spiro atoms. The van der Waals surface area contributed by atoms with Crippen molar-refractivity contribution in [3.63, 3.8) is 0 Å². The Balaban J connectivity index is 1.82. The van der Waals surface area contributed by atoms with Gasteiger partial charge < -0.3 is 4.74 Å². The number of esters is 1. The average Bonchev–Trinajstić information content (AvgIpc) is 3.00. The minimum absolute atomic E-state index is 0.0111. The first-order valence-electron chi connectivity index (χ1n) is 8.01. The van der Waals surface area contributed by atoms with Gasteiger partial charge in [-0.1, -0.05) is 60.7 Å². The summed E-state index contributed by atoms with van der Waals surface area (Å²) in [6.45, 7) is 0. The fraction of sp³-hybridized carbons (Fsp3) is 0. The molecule has 4 rings (SSSR count). The third-order valence-electron chi connectivity index (χ3n) is 4.25. The van der Waals surface area contributed by atoms with Gasteiger partial charge in [0.25, 0.3) is 0 Å². The summed E-state index contributed by atoms with van der Waals surface area (Å²) in [7, 11) is 0. The molecule has 0 atom stereocenters. The van der Waals surface area contributed by atoms with E-state index in [0.29, 0.717) is 16.7 Å². The molecule has 1 aliphatic heterocycles. The van der Waals surface area contributed by atoms with E-state index in [1.54, 1.807) is 36.4 Å². The van der Waals surface area contributed by atoms with E-state index in [0.717, 1.165) is 11.1 Å². The summed E-state index contributed by atoms with van der Waals surface area (Å²) in [6, 6.07) is 23.4. The number of carbonyl (C=O) groups excluding carboxylic acids is 1. The molecule has 0 aromatic heterocycles. The van der Waals surface area contributed by atoms with Crippen LogP contribution in [0.2, 0.25) is 0 Å². The van der Waals surface area contributed by atoms with E-state index in [1.165, 1.54) is 0 Å². The lowest BCUT2D eigenvalue weighted by Gasteiger charge is -2.05. The van der Waals surface area contributed by atoms with Crippen molar-refractivity contribution in [3.05, 3.63) is 106 Å². The lowest BCUT2D eigenvalue weighted by atomic mass is 10.0. The normalized spacial score (nSPS) is 14.5. The lowest BCUT2D eigenvalue weighted by Crippen LogP contribution is -2.03. The van der Waals surface area contributed by atoms with E-state index in [9.17, 15) is 14.9 Å². The molecule has 0 amide bonds. The minimum Gasteiger partial charge on any atom is -0.415 e. The molecule has 5 heteroatoms. The quantitative estimate of drug-likeness (QED) is 0.395. The number of fused-ring (bicyclic) bond motifs is 1. The van der Waals surface area contributed by atoms with Crippen LogP contribution in [0.5, 0.6) is 0 Å². The second-order valence-electron chi connectivity index (χ2n) is 5.81. The number of benzene rings is 3. The molecule has 26 heavy (non-hydrogen) atoms. The molecule has 1 aliphatic rings. The number of nitro groups is 1. The van der Waals surface area contributed by atoms with Crippen molar-refractivity contribution in [3.8, 4) is 11.1 Å². The van der Waals surface area contributed by atoms with E-state index in [-0.39, 0.29) is 11.5 Å². The van der Waals surface area contributed by atoms with Gasteiger partial charge >= 0.3 is 11.7 Å². The van der Waals surface area contributed by atoms with Crippen LogP contribution in [0.25, 0.3) is 22.6 Å². The Labute approximate surface area is 149 Å². The van der Waals surface area contributed by atoms with Gasteiger partial charge in [0.2, 0.25) is 5.76 Å². The molecule has 0 radical (unpaired) electrons. The Hall–Kier alpha value is -3.73. The van der Waals surface area contributed by atoms with Crippen LogP contribution >= 0.6 is 0 Å². The Bertz CT molecular complexity index is 1040. The minimum atomic E-state index is -0.573. The number of ether oxygens (including phenoxy) is 1. The zero-order valence-corrected chi connectivity index (χ0v) is 13.6. The van der Waals surface area contributed by atoms with E-state index in [4.69, 9.17) is 4.74 Å². The van der Waals surface area contributed by atoms with Crippen LogP contribution in [-0.4, -0.2) is 10.9 Å². The highest BCUT2D eigenvalue weighted by molar-refractivity contribution is 6.06. The fourth-order valence-corrected chi connectivity index (χ4v) is 3.01. The Morgan fingerprint density at radius 2 is 1.35 bits per heavy atom. The molecular formula is C21H13NO4. The third-order valence-corrected chi connectivity index (χ3v) is 4.25. The number of cyclic esters (lactones) is 1. The van der Waals surface area contributed by atoms with Crippen molar-refractivity contribution in [2.24, 2.45) is 0 Å². The van der Waals surface area contributed by atoms with Gasteiger partial charge in [-0.05, 0) is 29.3 Å². The van der Waals surface area contributed by atoms with Gasteiger partial charge in [-0.15, -0.1) is 0 Å². The van der Waals surface area contributed by atoms with Crippen molar-refractivity contribution < 1.29 is 14.5 Å². The van der Waals surface area contributed by atoms with E-state index in [1.807, 2.05) is 42.5 Å². The van der Waals surface area contributed by atoms with Crippen LogP contribution in [0.15, 0.2) is 78.9 Å². The fourth-order valence-electron chi connectivity index (χ4n) is 3.01. The molecule has 5 nitrogen and oxygen atoms in total. The summed E-state index contributed by atoms with van der Waals surface area (Å²) in [6.07, 6.45) is 0. The standard InChI is InChI=1S/C21H13NO4/c23-21-18-9-5-4-8-17(18)20(26-21)19(22(24)25)16-12-10-15(11-13-16)14-6-2-1-3-7-14/h1-13H/b20-19+. The van der Waals surface area contributed by atoms with Gasteiger partial charge in [0.1, 0.15) is 0 Å². The topological polar surface area (TPSA) is 69.4 Å². The van der Waals surface area contributed by atoms with Crippen LogP contribution in [0, 0.1) is 10.1 Å². The van der Waals surface area contributed by atoms with Crippen molar-refractivity contribution in [2.75, 3.05) is 0 Å². The lowest BCUT2D eigenvalue weighted by molar-refractivity contribution is -0.375. The molecule has 0 saturated heterocycles. The van der Waals surface area contributed by atoms with Crippen molar-refractivity contribution >= 4 is 17.4 Å². The summed E-state index contributed by atoms with van der Waals surface area (Å²) >= 11 is 0. The highest BCUT2D eigenvalue weighted by Gasteiger charge is 2.34. The summed E-state index contributed by atoms with van der Waals surface area (Å²) in [5, 5.41) is 11.7. The number of hydrogen-bond donors (Lipinski definition) is 0. The molecule has 0 aliphatic carbocycles. The van der Waals surface area contributed by atoms with Gasteiger partial charge in [-0.3, -0.25) is 10.1 Å². The van der Waals surface area contributed by atoms with E-state index in [2.05, 4.69) is 0 Å². The second-order valence-corrected chi connectivity index (χ2v) is 5.81. The third kappa shape index (κ3) is 2.65. The highest BCUT2D eigenvalue weighted by Crippen LogP contribution is 2.36. The maximum absolute atomic E-state index is 12.0. The Morgan fingerprint density at radius 1 is 0.769 bits per heavy atom. The maximum Gasteiger partial charge on any atom is 0.344 e. The first kappa shape index (κ1) is 15.8. The van der Waals surface area contributed by atoms with Gasteiger partial charge in [0.15, 0.2) is 0 Å². The van der Waals surface area contributed by atoms with E-state index >= 15 is 0 Å². The van der Waals surface area contributed by atoms with Crippen LogP contribution in [-0.2, 0) is 4.74 Å². The van der Waals surface area contributed by atoms with Gasteiger partial charge in [-0.2, -0.15) is 0 Å². The van der Waals surface area contributed by atoms with Crippen molar-refractivity contribution in [1.82, 2.24) is 0 Å². The second kappa shape index (κ2) is 6.29. The summed E-state index contributed by atoms with van der Waals surface area (Å²) in [4.78, 5) is 23.2. The van der Waals surface area contributed by atoms with Gasteiger partial charge in [0.05, 0.1) is 16.1 Å². The van der Waals surface area contributed by atoms with Crippen molar-refractivity contribution in [2.45, 2.75) is 0 Å². The molecule has 0 saturated carbocycles. The summed E-state index contributed by atoms with van der Waals surface area (Å²) in [5.74, 6) is -0.584.